The van der Waals surface area contributed by atoms with Crippen molar-refractivity contribution in [3.63, 3.8) is 0 Å². The maximum absolute atomic E-state index is 11.3. The third kappa shape index (κ3) is 2.21. The van der Waals surface area contributed by atoms with Crippen molar-refractivity contribution in [3.8, 4) is 0 Å². The van der Waals surface area contributed by atoms with Crippen LogP contribution in [0.1, 0.15) is 13.8 Å². The molecule has 0 aliphatic carbocycles. The van der Waals surface area contributed by atoms with E-state index in [4.69, 9.17) is 39.5 Å². The number of ether oxygens (including phenoxy) is 1. The molecule has 0 aromatic rings. The van der Waals surface area contributed by atoms with Crippen molar-refractivity contribution in [3.05, 3.63) is 9.52 Å². The lowest BCUT2D eigenvalue weighted by atomic mass is 9.91. The summed E-state index contributed by atoms with van der Waals surface area (Å²) >= 11 is 20.3. The van der Waals surface area contributed by atoms with Crippen molar-refractivity contribution < 1.29 is 9.53 Å². The minimum Gasteiger partial charge on any atom is -0.458 e. The molecule has 6 heteroatoms. The highest BCUT2D eigenvalue weighted by molar-refractivity contribution is 9.10. The standard InChI is InChI=1S/C8H8BrCl3O2/c1-8(2)3(5(10)6(11)12)4(9)7(13)14-8/h3-4H,1-2H3. The molecule has 0 spiro atoms. The van der Waals surface area contributed by atoms with Crippen LogP contribution in [0.4, 0.5) is 0 Å². The van der Waals surface area contributed by atoms with Crippen LogP contribution < -0.4 is 0 Å². The summed E-state index contributed by atoms with van der Waals surface area (Å²) in [6.07, 6.45) is 0. The summed E-state index contributed by atoms with van der Waals surface area (Å²) in [6, 6.07) is 0. The minimum absolute atomic E-state index is 0.0347. The molecular formula is C8H8BrCl3O2. The van der Waals surface area contributed by atoms with E-state index >= 15 is 0 Å². The second-order valence-electron chi connectivity index (χ2n) is 3.51. The summed E-state index contributed by atoms with van der Waals surface area (Å²) in [7, 11) is 0. The van der Waals surface area contributed by atoms with Gasteiger partial charge in [-0.25, -0.2) is 0 Å². The maximum Gasteiger partial charge on any atom is 0.321 e. The van der Waals surface area contributed by atoms with Gasteiger partial charge in [-0.3, -0.25) is 4.79 Å². The summed E-state index contributed by atoms with van der Waals surface area (Å²) in [6.45, 7) is 3.52. The van der Waals surface area contributed by atoms with Crippen LogP contribution >= 0.6 is 50.7 Å². The van der Waals surface area contributed by atoms with Crippen molar-refractivity contribution >= 4 is 56.7 Å². The molecule has 0 aromatic heterocycles. The molecule has 0 N–H and O–H groups in total. The Kier molecular flexibility index (Phi) is 3.79. The molecule has 1 saturated heterocycles. The Morgan fingerprint density at radius 1 is 1.43 bits per heavy atom. The Morgan fingerprint density at radius 2 is 1.93 bits per heavy atom. The Bertz CT molecular complexity index is 297. The van der Waals surface area contributed by atoms with Crippen LogP contribution in [0.15, 0.2) is 9.52 Å². The van der Waals surface area contributed by atoms with Crippen molar-refractivity contribution in [2.75, 3.05) is 0 Å². The lowest BCUT2D eigenvalue weighted by molar-refractivity contribution is -0.146. The average Bonchev–Trinajstić information content (AvgIpc) is 2.20. The lowest BCUT2D eigenvalue weighted by Crippen LogP contribution is -2.30. The van der Waals surface area contributed by atoms with Gasteiger partial charge in [-0.2, -0.15) is 0 Å². The normalized spacial score (nSPS) is 30.0. The van der Waals surface area contributed by atoms with Gasteiger partial charge in [0.2, 0.25) is 0 Å². The fourth-order valence-electron chi connectivity index (χ4n) is 1.42. The van der Waals surface area contributed by atoms with E-state index in [1.165, 1.54) is 0 Å². The molecule has 1 rings (SSSR count). The van der Waals surface area contributed by atoms with Gasteiger partial charge in [0.25, 0.3) is 0 Å². The van der Waals surface area contributed by atoms with E-state index in [2.05, 4.69) is 15.9 Å². The van der Waals surface area contributed by atoms with Gasteiger partial charge in [-0.15, -0.1) is 0 Å². The summed E-state index contributed by atoms with van der Waals surface area (Å²) in [5.74, 6) is -0.714. The number of halogens is 4. The number of cyclic esters (lactones) is 1. The van der Waals surface area contributed by atoms with Gasteiger partial charge in [0.1, 0.15) is 14.9 Å². The van der Waals surface area contributed by atoms with E-state index in [0.717, 1.165) is 0 Å². The molecular weight excluding hydrogens is 314 g/mol. The SMILES string of the molecule is CC1(C)OC(=O)C(Br)C1C(Cl)=C(Cl)Cl. The van der Waals surface area contributed by atoms with E-state index < -0.39 is 10.4 Å². The van der Waals surface area contributed by atoms with Crippen molar-refractivity contribution in [2.45, 2.75) is 24.3 Å². The molecule has 0 aromatic carbocycles. The number of hydrogen-bond acceptors (Lipinski definition) is 2. The summed E-state index contributed by atoms with van der Waals surface area (Å²) in [5.41, 5.74) is -0.697. The second-order valence-corrected chi connectivity index (χ2v) is 5.86. The number of hydrogen-bond donors (Lipinski definition) is 0. The molecule has 1 aliphatic heterocycles. The van der Waals surface area contributed by atoms with Gasteiger partial charge in [0.05, 0.1) is 11.0 Å². The first kappa shape index (κ1) is 12.6. The molecule has 1 aliphatic rings. The first-order chi connectivity index (χ1) is 6.27. The summed E-state index contributed by atoms with van der Waals surface area (Å²) in [5, 5.41) is 0.242. The van der Waals surface area contributed by atoms with Crippen LogP contribution in [0.25, 0.3) is 0 Å². The van der Waals surface area contributed by atoms with E-state index in [1.54, 1.807) is 13.8 Å². The summed E-state index contributed by atoms with van der Waals surface area (Å²) in [4.78, 5) is 10.8. The molecule has 14 heavy (non-hydrogen) atoms. The van der Waals surface area contributed by atoms with Gasteiger partial charge in [0, 0.05) is 0 Å². The molecule has 0 radical (unpaired) electrons. The predicted molar refractivity (Wildman–Crippen MR) is 61.0 cm³/mol. The zero-order valence-electron chi connectivity index (χ0n) is 7.48. The zero-order chi connectivity index (χ0) is 11.1. The largest absolute Gasteiger partial charge is 0.458 e. The Morgan fingerprint density at radius 3 is 2.21 bits per heavy atom. The quantitative estimate of drug-likeness (QED) is 0.545. The van der Waals surface area contributed by atoms with Gasteiger partial charge < -0.3 is 4.74 Å². The monoisotopic (exact) mass is 320 g/mol. The van der Waals surface area contributed by atoms with Crippen LogP contribution in [0.5, 0.6) is 0 Å². The molecule has 0 amide bonds. The van der Waals surface area contributed by atoms with Crippen LogP contribution in [0, 0.1) is 5.92 Å². The number of carbonyl (C=O) groups excluding carboxylic acids is 1. The molecule has 80 valence electrons. The second kappa shape index (κ2) is 4.20. The molecule has 1 fully saturated rings. The van der Waals surface area contributed by atoms with Crippen LogP contribution in [0.2, 0.25) is 0 Å². The van der Waals surface area contributed by atoms with E-state index in [1.807, 2.05) is 0 Å². The van der Waals surface area contributed by atoms with Gasteiger partial charge >= 0.3 is 5.97 Å². The smallest absolute Gasteiger partial charge is 0.321 e. The number of alkyl halides is 1. The molecule has 0 saturated carbocycles. The molecule has 2 nitrogen and oxygen atoms in total. The molecule has 2 atom stereocenters. The Hall–Kier alpha value is 0.560. The van der Waals surface area contributed by atoms with Crippen molar-refractivity contribution in [1.82, 2.24) is 0 Å². The Balaban J connectivity index is 3.09. The molecule has 2 unspecified atom stereocenters. The fraction of sp³-hybridized carbons (Fsp3) is 0.625. The first-order valence-electron chi connectivity index (χ1n) is 3.85. The zero-order valence-corrected chi connectivity index (χ0v) is 11.3. The van der Waals surface area contributed by atoms with Crippen LogP contribution in [0.3, 0.4) is 0 Å². The first-order valence-corrected chi connectivity index (χ1v) is 5.90. The number of esters is 1. The highest BCUT2D eigenvalue weighted by Crippen LogP contribution is 2.44. The highest BCUT2D eigenvalue weighted by atomic mass is 79.9. The number of carbonyl (C=O) groups is 1. The van der Waals surface area contributed by atoms with Crippen LogP contribution in [-0.2, 0) is 9.53 Å². The topological polar surface area (TPSA) is 26.3 Å². The van der Waals surface area contributed by atoms with Gasteiger partial charge in [-0.05, 0) is 13.8 Å². The highest BCUT2D eigenvalue weighted by Gasteiger charge is 2.51. The Labute approximate surface area is 106 Å². The van der Waals surface area contributed by atoms with E-state index in [-0.39, 0.29) is 21.4 Å². The van der Waals surface area contributed by atoms with Crippen LogP contribution in [-0.4, -0.2) is 16.4 Å². The minimum atomic E-state index is -0.697. The van der Waals surface area contributed by atoms with E-state index in [9.17, 15) is 4.79 Å². The van der Waals surface area contributed by atoms with E-state index in [0.29, 0.717) is 0 Å². The average molecular weight is 322 g/mol. The van der Waals surface area contributed by atoms with Crippen molar-refractivity contribution in [1.29, 1.82) is 0 Å². The molecule has 1 heterocycles. The third-order valence-corrected chi connectivity index (χ3v) is 4.01. The molecule has 0 bridgehead atoms. The van der Waals surface area contributed by atoms with Gasteiger partial charge in [0.15, 0.2) is 0 Å². The number of rotatable bonds is 1. The maximum atomic E-state index is 11.3. The predicted octanol–water partition coefficient (Wildman–Crippen LogP) is 3.59. The lowest BCUT2D eigenvalue weighted by Gasteiger charge is -2.25. The summed E-state index contributed by atoms with van der Waals surface area (Å²) < 4.78 is 5.09. The fourth-order valence-corrected chi connectivity index (χ4v) is 3.19. The third-order valence-electron chi connectivity index (χ3n) is 2.08. The van der Waals surface area contributed by atoms with Gasteiger partial charge in [-0.1, -0.05) is 50.7 Å². The van der Waals surface area contributed by atoms with Crippen molar-refractivity contribution in [2.24, 2.45) is 5.92 Å².